The summed E-state index contributed by atoms with van der Waals surface area (Å²) < 4.78 is 0. The molecule has 0 heterocycles. The summed E-state index contributed by atoms with van der Waals surface area (Å²) in [4.78, 5) is 11.5. The van der Waals surface area contributed by atoms with Gasteiger partial charge < -0.3 is 5.32 Å². The number of rotatable bonds is 1. The van der Waals surface area contributed by atoms with Crippen molar-refractivity contribution in [1.29, 1.82) is 0 Å². The van der Waals surface area contributed by atoms with Gasteiger partial charge in [0.2, 0.25) is 5.91 Å². The summed E-state index contributed by atoms with van der Waals surface area (Å²) in [5.41, 5.74) is -0.180. The van der Waals surface area contributed by atoms with Crippen LogP contribution < -0.4 is 5.32 Å². The van der Waals surface area contributed by atoms with E-state index in [0.717, 1.165) is 19.3 Å². The van der Waals surface area contributed by atoms with E-state index in [9.17, 15) is 4.79 Å². The molecule has 2 aliphatic carbocycles. The molecule has 0 aromatic rings. The van der Waals surface area contributed by atoms with Crippen molar-refractivity contribution in [3.8, 4) is 0 Å². The van der Waals surface area contributed by atoms with Crippen molar-refractivity contribution in [1.82, 2.24) is 5.32 Å². The third-order valence-corrected chi connectivity index (χ3v) is 4.27. The van der Waals surface area contributed by atoms with E-state index >= 15 is 0 Å². The fraction of sp³-hybridized carbons (Fsp3) is 0.917. The highest BCUT2D eigenvalue weighted by atomic mass is 35.5. The second-order valence-corrected chi connectivity index (χ2v) is 6.82. The number of alkyl halides is 1. The van der Waals surface area contributed by atoms with Crippen molar-refractivity contribution < 1.29 is 4.79 Å². The summed E-state index contributed by atoms with van der Waals surface area (Å²) in [5.74, 6) is 1.15. The average Bonchev–Trinajstić information content (AvgIpc) is 2.60. The standard InChI is InChI=1S/C12H20ClNO/c1-11(2,3)14-10(15)12(13)7-8-4-5-9(12)6-8/h8-9H,4-7H2,1-3H3,(H,14,15)/t8?,9?,12-/m1/s1. The summed E-state index contributed by atoms with van der Waals surface area (Å²) in [6.07, 6.45) is 4.43. The highest BCUT2D eigenvalue weighted by Crippen LogP contribution is 2.54. The number of hydrogen-bond acceptors (Lipinski definition) is 1. The molecule has 0 aromatic heterocycles. The monoisotopic (exact) mass is 229 g/mol. The van der Waals surface area contributed by atoms with Gasteiger partial charge in [-0.2, -0.15) is 0 Å². The molecule has 86 valence electrons. The summed E-state index contributed by atoms with van der Waals surface area (Å²) in [6, 6.07) is 0. The summed E-state index contributed by atoms with van der Waals surface area (Å²) in [7, 11) is 0. The number of fused-ring (bicyclic) bond motifs is 2. The Labute approximate surface area is 96.8 Å². The first-order valence-corrected chi connectivity index (χ1v) is 6.20. The zero-order valence-electron chi connectivity index (χ0n) is 9.77. The molecule has 0 saturated heterocycles. The van der Waals surface area contributed by atoms with Crippen LogP contribution in [0, 0.1) is 11.8 Å². The number of halogens is 1. The van der Waals surface area contributed by atoms with Gasteiger partial charge in [-0.15, -0.1) is 11.6 Å². The van der Waals surface area contributed by atoms with Crippen molar-refractivity contribution in [3.05, 3.63) is 0 Å². The van der Waals surface area contributed by atoms with Crippen LogP contribution in [0.3, 0.4) is 0 Å². The van der Waals surface area contributed by atoms with E-state index in [4.69, 9.17) is 11.6 Å². The zero-order chi connectivity index (χ0) is 11.3. The third kappa shape index (κ3) is 2.01. The van der Waals surface area contributed by atoms with E-state index in [1.807, 2.05) is 20.8 Å². The molecule has 0 spiro atoms. The predicted octanol–water partition coefficient (Wildman–Crippen LogP) is 2.70. The fourth-order valence-corrected chi connectivity index (χ4v) is 3.45. The van der Waals surface area contributed by atoms with Crippen LogP contribution in [0.1, 0.15) is 46.5 Å². The van der Waals surface area contributed by atoms with E-state index in [1.165, 1.54) is 6.42 Å². The molecule has 2 unspecified atom stereocenters. The van der Waals surface area contributed by atoms with Crippen LogP contribution in [0.25, 0.3) is 0 Å². The van der Waals surface area contributed by atoms with Crippen LogP contribution in [0.5, 0.6) is 0 Å². The van der Waals surface area contributed by atoms with Gasteiger partial charge >= 0.3 is 0 Å². The maximum Gasteiger partial charge on any atom is 0.241 e. The first-order chi connectivity index (χ1) is 6.81. The molecule has 0 aromatic carbocycles. The van der Waals surface area contributed by atoms with Crippen LogP contribution in [0.4, 0.5) is 0 Å². The zero-order valence-corrected chi connectivity index (χ0v) is 10.5. The number of hydrogen-bond donors (Lipinski definition) is 1. The highest BCUT2D eigenvalue weighted by Gasteiger charge is 2.54. The molecule has 2 bridgehead atoms. The van der Waals surface area contributed by atoms with Crippen LogP contribution in [-0.4, -0.2) is 16.3 Å². The van der Waals surface area contributed by atoms with Gasteiger partial charge in [0, 0.05) is 5.54 Å². The number of carbonyl (C=O) groups is 1. The topological polar surface area (TPSA) is 29.1 Å². The Morgan fingerprint density at radius 3 is 2.47 bits per heavy atom. The molecule has 1 N–H and O–H groups in total. The number of nitrogens with one attached hydrogen (secondary N) is 1. The second-order valence-electron chi connectivity index (χ2n) is 6.15. The van der Waals surface area contributed by atoms with Gasteiger partial charge in [0.05, 0.1) is 0 Å². The van der Waals surface area contributed by atoms with Crippen molar-refractivity contribution in [3.63, 3.8) is 0 Å². The average molecular weight is 230 g/mol. The lowest BCUT2D eigenvalue weighted by atomic mass is 9.86. The molecule has 15 heavy (non-hydrogen) atoms. The molecule has 0 aliphatic heterocycles. The molecule has 2 rings (SSSR count). The minimum absolute atomic E-state index is 0.0452. The predicted molar refractivity (Wildman–Crippen MR) is 61.9 cm³/mol. The summed E-state index contributed by atoms with van der Waals surface area (Å²) in [5, 5.41) is 3.02. The van der Waals surface area contributed by atoms with E-state index in [2.05, 4.69) is 5.32 Å². The van der Waals surface area contributed by atoms with Gasteiger partial charge in [0.25, 0.3) is 0 Å². The molecular weight excluding hydrogens is 210 g/mol. The lowest BCUT2D eigenvalue weighted by Gasteiger charge is -2.33. The molecule has 2 nitrogen and oxygen atoms in total. The van der Waals surface area contributed by atoms with E-state index in [1.54, 1.807) is 0 Å². The minimum atomic E-state index is -0.601. The van der Waals surface area contributed by atoms with Gasteiger partial charge in [0.15, 0.2) is 0 Å². The SMILES string of the molecule is CC(C)(C)NC(=O)[C@@]1(Cl)CC2CCC1C2. The van der Waals surface area contributed by atoms with Crippen molar-refractivity contribution in [2.75, 3.05) is 0 Å². The first kappa shape index (κ1) is 11.3. The summed E-state index contributed by atoms with van der Waals surface area (Å²) >= 11 is 6.51. The normalized spacial score (nSPS) is 39.5. The van der Waals surface area contributed by atoms with Gasteiger partial charge in [-0.1, -0.05) is 6.42 Å². The Bertz CT molecular complexity index is 284. The highest BCUT2D eigenvalue weighted by molar-refractivity contribution is 6.35. The Balaban J connectivity index is 2.07. The van der Waals surface area contributed by atoms with Crippen molar-refractivity contribution in [2.45, 2.75) is 56.9 Å². The van der Waals surface area contributed by atoms with Gasteiger partial charge in [0.1, 0.15) is 4.87 Å². The Morgan fingerprint density at radius 1 is 1.40 bits per heavy atom. The molecule has 1 amide bonds. The molecule has 2 fully saturated rings. The fourth-order valence-electron chi connectivity index (χ4n) is 2.99. The van der Waals surface area contributed by atoms with Crippen LogP contribution in [0.2, 0.25) is 0 Å². The smallest absolute Gasteiger partial charge is 0.241 e. The van der Waals surface area contributed by atoms with Gasteiger partial charge in [-0.05, 0) is 51.9 Å². The van der Waals surface area contributed by atoms with Crippen molar-refractivity contribution >= 4 is 17.5 Å². The largest absolute Gasteiger partial charge is 0.350 e. The Hall–Kier alpha value is -0.240. The first-order valence-electron chi connectivity index (χ1n) is 5.83. The second kappa shape index (κ2) is 3.38. The third-order valence-electron chi connectivity index (χ3n) is 3.64. The van der Waals surface area contributed by atoms with E-state index in [-0.39, 0.29) is 11.4 Å². The molecule has 2 saturated carbocycles. The van der Waals surface area contributed by atoms with Crippen LogP contribution in [0.15, 0.2) is 0 Å². The number of carbonyl (C=O) groups excluding carboxylic acids is 1. The maximum absolute atomic E-state index is 12.1. The molecule has 2 aliphatic rings. The van der Waals surface area contributed by atoms with E-state index in [0.29, 0.717) is 11.8 Å². The van der Waals surface area contributed by atoms with E-state index < -0.39 is 4.87 Å². The Morgan fingerprint density at radius 2 is 2.07 bits per heavy atom. The Kier molecular flexibility index (Phi) is 2.53. The molecular formula is C12H20ClNO. The van der Waals surface area contributed by atoms with Crippen LogP contribution in [-0.2, 0) is 4.79 Å². The molecule has 0 radical (unpaired) electrons. The quantitative estimate of drug-likeness (QED) is 0.689. The van der Waals surface area contributed by atoms with Crippen LogP contribution >= 0.6 is 11.6 Å². The molecule has 3 heteroatoms. The van der Waals surface area contributed by atoms with Crippen molar-refractivity contribution in [2.24, 2.45) is 11.8 Å². The lowest BCUT2D eigenvalue weighted by molar-refractivity contribution is -0.126. The maximum atomic E-state index is 12.1. The lowest BCUT2D eigenvalue weighted by Crippen LogP contribution is -2.52. The molecule has 3 atom stereocenters. The number of amides is 1. The van der Waals surface area contributed by atoms with Gasteiger partial charge in [-0.3, -0.25) is 4.79 Å². The summed E-state index contributed by atoms with van der Waals surface area (Å²) in [6.45, 7) is 6.00. The van der Waals surface area contributed by atoms with Gasteiger partial charge in [-0.25, -0.2) is 0 Å². The minimum Gasteiger partial charge on any atom is -0.350 e.